The summed E-state index contributed by atoms with van der Waals surface area (Å²) in [5.41, 5.74) is 7.50. The van der Waals surface area contributed by atoms with Crippen molar-refractivity contribution in [1.82, 2.24) is 10.9 Å². The van der Waals surface area contributed by atoms with E-state index >= 15 is 0 Å². The van der Waals surface area contributed by atoms with Crippen molar-refractivity contribution in [2.24, 2.45) is 0 Å². The molecule has 0 saturated heterocycles. The Bertz CT molecular complexity index is 429. The number of rotatable bonds is 3. The molecule has 1 aromatic rings. The van der Waals surface area contributed by atoms with E-state index in [1.165, 1.54) is 6.42 Å². The van der Waals surface area contributed by atoms with Crippen LogP contribution in [0.25, 0.3) is 0 Å². The van der Waals surface area contributed by atoms with E-state index in [1.807, 2.05) is 24.3 Å². The van der Waals surface area contributed by atoms with Crippen LogP contribution in [0.1, 0.15) is 29.6 Å². The number of halogens is 1. The molecule has 0 aliphatic heterocycles. The van der Waals surface area contributed by atoms with Crippen LogP contribution in [0, 0.1) is 3.57 Å². The van der Waals surface area contributed by atoms with Crippen LogP contribution in [0.15, 0.2) is 36.0 Å². The second-order valence-corrected chi connectivity index (χ2v) is 4.84. The van der Waals surface area contributed by atoms with Crippen molar-refractivity contribution in [2.45, 2.75) is 19.3 Å². The van der Waals surface area contributed by atoms with Crippen molar-refractivity contribution in [3.8, 4) is 0 Å². The number of carbonyl (C=O) groups excluding carboxylic acids is 1. The highest BCUT2D eigenvalue weighted by Crippen LogP contribution is 2.14. The highest BCUT2D eigenvalue weighted by molar-refractivity contribution is 14.1. The number of hydrazine groups is 1. The van der Waals surface area contributed by atoms with Gasteiger partial charge in [-0.15, -0.1) is 0 Å². The fraction of sp³-hybridized carbons (Fsp3) is 0.250. The van der Waals surface area contributed by atoms with Crippen LogP contribution >= 0.6 is 22.6 Å². The second kappa shape index (κ2) is 5.34. The summed E-state index contributed by atoms with van der Waals surface area (Å²) in [6.45, 7) is 0. The zero-order valence-electron chi connectivity index (χ0n) is 8.79. The first-order valence-corrected chi connectivity index (χ1v) is 6.35. The molecule has 2 rings (SSSR count). The van der Waals surface area contributed by atoms with Crippen LogP contribution in [0.4, 0.5) is 0 Å². The molecule has 4 heteroatoms. The van der Waals surface area contributed by atoms with E-state index in [4.69, 9.17) is 0 Å². The highest BCUT2D eigenvalue weighted by Gasteiger charge is 2.09. The molecule has 0 bridgehead atoms. The van der Waals surface area contributed by atoms with Crippen LogP contribution in [-0.4, -0.2) is 5.91 Å². The van der Waals surface area contributed by atoms with Gasteiger partial charge in [-0.1, -0.05) is 18.2 Å². The molecule has 0 spiro atoms. The Morgan fingerprint density at radius 2 is 2.12 bits per heavy atom. The number of carbonyl (C=O) groups is 1. The predicted octanol–water partition coefficient (Wildman–Crippen LogP) is 2.59. The number of hydrogen-bond donors (Lipinski definition) is 2. The predicted molar refractivity (Wildman–Crippen MR) is 71.7 cm³/mol. The minimum absolute atomic E-state index is 0.0854. The number of nitrogens with one attached hydrogen (secondary N) is 2. The molecule has 1 aromatic carbocycles. The Morgan fingerprint density at radius 3 is 2.81 bits per heavy atom. The highest BCUT2D eigenvalue weighted by atomic mass is 127. The molecule has 0 heterocycles. The van der Waals surface area contributed by atoms with Crippen LogP contribution in [0.3, 0.4) is 0 Å². The summed E-state index contributed by atoms with van der Waals surface area (Å²) in [7, 11) is 0. The summed E-state index contributed by atoms with van der Waals surface area (Å²) in [5.74, 6) is -0.0854. The molecule has 0 fully saturated rings. The molecule has 1 amide bonds. The van der Waals surface area contributed by atoms with Gasteiger partial charge in [-0.05, 0) is 54.0 Å². The Hall–Kier alpha value is -1.04. The third-order valence-corrected chi connectivity index (χ3v) is 3.44. The first kappa shape index (κ1) is 11.4. The fourth-order valence-corrected chi connectivity index (χ4v) is 2.27. The molecule has 0 saturated carbocycles. The van der Waals surface area contributed by atoms with E-state index in [0.717, 1.165) is 22.1 Å². The smallest absolute Gasteiger partial charge is 0.270 e. The molecule has 16 heavy (non-hydrogen) atoms. The van der Waals surface area contributed by atoms with Crippen LogP contribution in [0.5, 0.6) is 0 Å². The minimum atomic E-state index is -0.0854. The monoisotopic (exact) mass is 328 g/mol. The fourth-order valence-electron chi connectivity index (χ4n) is 1.63. The van der Waals surface area contributed by atoms with Gasteiger partial charge in [-0.25, -0.2) is 0 Å². The first-order chi connectivity index (χ1) is 7.77. The Balaban J connectivity index is 1.95. The molecule has 84 valence electrons. The summed E-state index contributed by atoms with van der Waals surface area (Å²) in [6.07, 6.45) is 5.41. The topological polar surface area (TPSA) is 41.1 Å². The van der Waals surface area contributed by atoms with Crippen molar-refractivity contribution in [3.05, 3.63) is 45.2 Å². The van der Waals surface area contributed by atoms with Gasteiger partial charge >= 0.3 is 0 Å². The lowest BCUT2D eigenvalue weighted by molar-refractivity contribution is 0.0937. The van der Waals surface area contributed by atoms with Gasteiger partial charge in [0.05, 0.1) is 5.56 Å². The molecule has 3 nitrogen and oxygen atoms in total. The van der Waals surface area contributed by atoms with Gasteiger partial charge in [-0.2, -0.15) is 0 Å². The van der Waals surface area contributed by atoms with Gasteiger partial charge in [0.25, 0.3) is 5.91 Å². The van der Waals surface area contributed by atoms with E-state index < -0.39 is 0 Å². The zero-order chi connectivity index (χ0) is 11.4. The van der Waals surface area contributed by atoms with Gasteiger partial charge < -0.3 is 5.43 Å². The number of benzene rings is 1. The van der Waals surface area contributed by atoms with Crippen molar-refractivity contribution >= 4 is 28.5 Å². The molecule has 2 N–H and O–H groups in total. The maximum absolute atomic E-state index is 11.8. The van der Waals surface area contributed by atoms with Gasteiger partial charge in [0.2, 0.25) is 0 Å². The molecule has 0 aromatic heterocycles. The standard InChI is InChI=1S/C12H13IN2O/c13-11-8-4-3-7-10(11)12(16)15-14-9-5-1-2-6-9/h3-5,7-8,14H,1-2,6H2,(H,15,16). The van der Waals surface area contributed by atoms with Crippen LogP contribution < -0.4 is 10.9 Å². The summed E-state index contributed by atoms with van der Waals surface area (Å²) < 4.78 is 0.958. The van der Waals surface area contributed by atoms with E-state index in [0.29, 0.717) is 5.56 Å². The van der Waals surface area contributed by atoms with Crippen molar-refractivity contribution < 1.29 is 4.79 Å². The van der Waals surface area contributed by atoms with E-state index in [2.05, 4.69) is 39.5 Å². The summed E-state index contributed by atoms with van der Waals surface area (Å²) in [6, 6.07) is 7.53. The largest absolute Gasteiger partial charge is 0.303 e. The van der Waals surface area contributed by atoms with Gasteiger partial charge in [0, 0.05) is 9.27 Å². The number of hydrogen-bond acceptors (Lipinski definition) is 2. The van der Waals surface area contributed by atoms with Gasteiger partial charge in [0.1, 0.15) is 0 Å². The van der Waals surface area contributed by atoms with Crippen molar-refractivity contribution in [2.75, 3.05) is 0 Å². The Labute approximate surface area is 108 Å². The van der Waals surface area contributed by atoms with Crippen molar-refractivity contribution in [3.63, 3.8) is 0 Å². The normalized spacial score (nSPS) is 14.4. The third-order valence-electron chi connectivity index (χ3n) is 2.50. The number of amides is 1. The number of allylic oxidation sites excluding steroid dienone is 2. The Morgan fingerprint density at radius 1 is 1.31 bits per heavy atom. The van der Waals surface area contributed by atoms with E-state index in [9.17, 15) is 4.79 Å². The maximum Gasteiger partial charge on any atom is 0.270 e. The minimum Gasteiger partial charge on any atom is -0.303 e. The van der Waals surface area contributed by atoms with E-state index in [1.54, 1.807) is 0 Å². The molecule has 1 aliphatic rings. The quantitative estimate of drug-likeness (QED) is 0.661. The third kappa shape index (κ3) is 2.75. The first-order valence-electron chi connectivity index (χ1n) is 5.27. The SMILES string of the molecule is O=C(NNC1=CCCC1)c1ccccc1I. The van der Waals surface area contributed by atoms with Crippen molar-refractivity contribution in [1.29, 1.82) is 0 Å². The zero-order valence-corrected chi connectivity index (χ0v) is 11.0. The summed E-state index contributed by atoms with van der Waals surface area (Å²) in [5, 5.41) is 0. The van der Waals surface area contributed by atoms with Gasteiger partial charge in [-0.3, -0.25) is 10.2 Å². The van der Waals surface area contributed by atoms with Crippen LogP contribution in [0.2, 0.25) is 0 Å². The average Bonchev–Trinajstić information content (AvgIpc) is 2.79. The molecular formula is C12H13IN2O. The lowest BCUT2D eigenvalue weighted by Gasteiger charge is -2.09. The molecule has 0 radical (unpaired) electrons. The maximum atomic E-state index is 11.8. The van der Waals surface area contributed by atoms with Crippen LogP contribution in [-0.2, 0) is 0 Å². The molecular weight excluding hydrogens is 315 g/mol. The van der Waals surface area contributed by atoms with E-state index in [-0.39, 0.29) is 5.91 Å². The average molecular weight is 328 g/mol. The lowest BCUT2D eigenvalue weighted by Crippen LogP contribution is -2.36. The molecule has 0 unspecified atom stereocenters. The summed E-state index contributed by atoms with van der Waals surface area (Å²) in [4.78, 5) is 11.8. The lowest BCUT2D eigenvalue weighted by atomic mass is 10.2. The second-order valence-electron chi connectivity index (χ2n) is 3.68. The molecule has 1 aliphatic carbocycles. The van der Waals surface area contributed by atoms with Gasteiger partial charge in [0.15, 0.2) is 0 Å². The molecule has 0 atom stereocenters. The summed E-state index contributed by atoms with van der Waals surface area (Å²) >= 11 is 2.16. The Kier molecular flexibility index (Phi) is 3.82.